The summed E-state index contributed by atoms with van der Waals surface area (Å²) in [5, 5.41) is 3.09. The van der Waals surface area contributed by atoms with Gasteiger partial charge in [0.15, 0.2) is 5.96 Å². The molecule has 1 atom stereocenters. The summed E-state index contributed by atoms with van der Waals surface area (Å²) >= 11 is 0. The number of pyridine rings is 1. The quantitative estimate of drug-likeness (QED) is 0.599. The third kappa shape index (κ3) is 4.73. The van der Waals surface area contributed by atoms with Crippen molar-refractivity contribution in [2.45, 2.75) is 33.1 Å². The molecule has 1 unspecified atom stereocenters. The molecule has 3 N–H and O–H groups in total. The molecule has 0 fully saturated rings. The average molecular weight is 248 g/mol. The molecule has 0 saturated heterocycles. The second-order valence-electron chi connectivity index (χ2n) is 4.79. The highest BCUT2D eigenvalue weighted by Gasteiger charge is 2.15. The Labute approximate surface area is 110 Å². The molecule has 0 aliphatic rings. The molecule has 1 aromatic heterocycles. The molecule has 0 aliphatic heterocycles. The van der Waals surface area contributed by atoms with Gasteiger partial charge < -0.3 is 11.1 Å². The number of guanidine groups is 1. The van der Waals surface area contributed by atoms with Crippen LogP contribution in [0.3, 0.4) is 0 Å². The van der Waals surface area contributed by atoms with Gasteiger partial charge in [0.2, 0.25) is 0 Å². The van der Waals surface area contributed by atoms with Crippen molar-refractivity contribution in [3.05, 3.63) is 30.1 Å². The van der Waals surface area contributed by atoms with Crippen LogP contribution >= 0.6 is 0 Å². The van der Waals surface area contributed by atoms with E-state index >= 15 is 0 Å². The van der Waals surface area contributed by atoms with Crippen LogP contribution < -0.4 is 11.1 Å². The predicted octanol–water partition coefficient (Wildman–Crippen LogP) is 2.14. The maximum atomic E-state index is 5.81. The maximum absolute atomic E-state index is 5.81. The molecule has 1 rings (SSSR count). The standard InChI is InChI=1S/C14H24N4/c1-4-7-17-14(15)18-10-13(11(2)3)12-6-5-8-16-9-12/h5-6,8-9,11,13H,4,7,10H2,1-3H3,(H3,15,17,18). The van der Waals surface area contributed by atoms with E-state index in [0.717, 1.165) is 13.0 Å². The van der Waals surface area contributed by atoms with E-state index in [1.165, 1.54) is 5.56 Å². The van der Waals surface area contributed by atoms with Gasteiger partial charge in [0.05, 0.1) is 0 Å². The summed E-state index contributed by atoms with van der Waals surface area (Å²) in [6.45, 7) is 8.07. The first-order valence-corrected chi connectivity index (χ1v) is 6.58. The van der Waals surface area contributed by atoms with Crippen molar-refractivity contribution in [3.8, 4) is 0 Å². The molecular formula is C14H24N4. The van der Waals surface area contributed by atoms with Gasteiger partial charge in [-0.25, -0.2) is 0 Å². The largest absolute Gasteiger partial charge is 0.370 e. The molecule has 4 nitrogen and oxygen atoms in total. The van der Waals surface area contributed by atoms with Crippen molar-refractivity contribution in [2.24, 2.45) is 16.6 Å². The maximum Gasteiger partial charge on any atom is 0.188 e. The summed E-state index contributed by atoms with van der Waals surface area (Å²) in [7, 11) is 0. The monoisotopic (exact) mass is 248 g/mol. The zero-order chi connectivity index (χ0) is 13.4. The summed E-state index contributed by atoms with van der Waals surface area (Å²) in [5.41, 5.74) is 7.03. The van der Waals surface area contributed by atoms with Gasteiger partial charge in [0, 0.05) is 31.4 Å². The molecule has 0 amide bonds. The molecule has 0 bridgehead atoms. The minimum Gasteiger partial charge on any atom is -0.370 e. The fourth-order valence-corrected chi connectivity index (χ4v) is 1.80. The SMILES string of the molecule is CCCNC(N)=NCC(c1cccnc1)C(C)C. The lowest BCUT2D eigenvalue weighted by Crippen LogP contribution is -2.32. The van der Waals surface area contributed by atoms with Crippen molar-refractivity contribution < 1.29 is 0 Å². The van der Waals surface area contributed by atoms with Crippen molar-refractivity contribution in [2.75, 3.05) is 13.1 Å². The van der Waals surface area contributed by atoms with Crippen LogP contribution in [-0.4, -0.2) is 24.0 Å². The normalized spacial score (nSPS) is 13.7. The number of nitrogens with zero attached hydrogens (tertiary/aromatic N) is 2. The number of hydrogen-bond acceptors (Lipinski definition) is 2. The van der Waals surface area contributed by atoms with Gasteiger partial charge in [-0.1, -0.05) is 26.8 Å². The Morgan fingerprint density at radius 2 is 2.28 bits per heavy atom. The number of hydrogen-bond donors (Lipinski definition) is 2. The summed E-state index contributed by atoms with van der Waals surface area (Å²) in [4.78, 5) is 8.58. The first-order chi connectivity index (χ1) is 8.65. The van der Waals surface area contributed by atoms with E-state index < -0.39 is 0 Å². The minimum absolute atomic E-state index is 0.362. The Morgan fingerprint density at radius 1 is 1.50 bits per heavy atom. The fourth-order valence-electron chi connectivity index (χ4n) is 1.80. The number of rotatable bonds is 6. The molecule has 18 heavy (non-hydrogen) atoms. The van der Waals surface area contributed by atoms with Crippen LogP contribution in [0.4, 0.5) is 0 Å². The average Bonchev–Trinajstić information content (AvgIpc) is 2.37. The highest BCUT2D eigenvalue weighted by molar-refractivity contribution is 5.77. The molecular weight excluding hydrogens is 224 g/mol. The molecule has 100 valence electrons. The van der Waals surface area contributed by atoms with Gasteiger partial charge >= 0.3 is 0 Å². The Hall–Kier alpha value is -1.58. The third-order valence-corrected chi connectivity index (χ3v) is 2.93. The van der Waals surface area contributed by atoms with Crippen LogP contribution in [0, 0.1) is 5.92 Å². The lowest BCUT2D eigenvalue weighted by molar-refractivity contribution is 0.505. The van der Waals surface area contributed by atoms with E-state index in [-0.39, 0.29) is 0 Å². The van der Waals surface area contributed by atoms with Crippen LogP contribution in [0.15, 0.2) is 29.5 Å². The van der Waals surface area contributed by atoms with E-state index in [1.54, 1.807) is 6.20 Å². The number of aliphatic imine (C=N–C) groups is 1. The van der Waals surface area contributed by atoms with Gasteiger partial charge in [0.25, 0.3) is 0 Å². The van der Waals surface area contributed by atoms with Gasteiger partial charge in [-0.05, 0) is 24.0 Å². The summed E-state index contributed by atoms with van der Waals surface area (Å²) in [5.74, 6) is 1.41. The molecule has 0 aromatic carbocycles. The summed E-state index contributed by atoms with van der Waals surface area (Å²) in [6.07, 6.45) is 4.75. The van der Waals surface area contributed by atoms with E-state index in [2.05, 4.69) is 42.1 Å². The molecule has 0 spiro atoms. The van der Waals surface area contributed by atoms with E-state index in [9.17, 15) is 0 Å². The fraction of sp³-hybridized carbons (Fsp3) is 0.571. The minimum atomic E-state index is 0.362. The molecule has 1 heterocycles. The molecule has 0 radical (unpaired) electrons. The predicted molar refractivity (Wildman–Crippen MR) is 76.6 cm³/mol. The molecule has 4 heteroatoms. The lowest BCUT2D eigenvalue weighted by atomic mass is 9.89. The second-order valence-corrected chi connectivity index (χ2v) is 4.79. The van der Waals surface area contributed by atoms with Gasteiger partial charge in [-0.15, -0.1) is 0 Å². The summed E-state index contributed by atoms with van der Waals surface area (Å²) < 4.78 is 0. The van der Waals surface area contributed by atoms with E-state index in [4.69, 9.17) is 5.73 Å². The van der Waals surface area contributed by atoms with Crippen LogP contribution in [0.25, 0.3) is 0 Å². The zero-order valence-electron chi connectivity index (χ0n) is 11.6. The Balaban J connectivity index is 2.65. The van der Waals surface area contributed by atoms with E-state index in [0.29, 0.717) is 24.3 Å². The first kappa shape index (κ1) is 14.5. The van der Waals surface area contributed by atoms with Crippen LogP contribution in [0.5, 0.6) is 0 Å². The first-order valence-electron chi connectivity index (χ1n) is 6.58. The van der Waals surface area contributed by atoms with Gasteiger partial charge in [-0.2, -0.15) is 0 Å². The molecule has 1 aromatic rings. The Bertz CT molecular complexity index is 359. The highest BCUT2D eigenvalue weighted by atomic mass is 15.1. The number of nitrogens with two attached hydrogens (primary N) is 1. The summed E-state index contributed by atoms with van der Waals surface area (Å²) in [6, 6.07) is 4.07. The Kier molecular flexibility index (Phi) is 6.19. The third-order valence-electron chi connectivity index (χ3n) is 2.93. The smallest absolute Gasteiger partial charge is 0.188 e. The molecule has 0 saturated carbocycles. The van der Waals surface area contributed by atoms with Crippen LogP contribution in [-0.2, 0) is 0 Å². The van der Waals surface area contributed by atoms with Crippen LogP contribution in [0.1, 0.15) is 38.7 Å². The second kappa shape index (κ2) is 7.69. The Morgan fingerprint density at radius 3 is 2.83 bits per heavy atom. The van der Waals surface area contributed by atoms with Gasteiger partial charge in [0.1, 0.15) is 0 Å². The van der Waals surface area contributed by atoms with Gasteiger partial charge in [-0.3, -0.25) is 9.98 Å². The number of aromatic nitrogens is 1. The topological polar surface area (TPSA) is 63.3 Å². The lowest BCUT2D eigenvalue weighted by Gasteiger charge is -2.19. The van der Waals surface area contributed by atoms with Crippen molar-refractivity contribution in [3.63, 3.8) is 0 Å². The van der Waals surface area contributed by atoms with Crippen molar-refractivity contribution >= 4 is 5.96 Å². The molecule has 0 aliphatic carbocycles. The van der Waals surface area contributed by atoms with Crippen LogP contribution in [0.2, 0.25) is 0 Å². The van der Waals surface area contributed by atoms with Crippen molar-refractivity contribution in [1.29, 1.82) is 0 Å². The van der Waals surface area contributed by atoms with Crippen molar-refractivity contribution in [1.82, 2.24) is 10.3 Å². The zero-order valence-corrected chi connectivity index (χ0v) is 11.6. The van der Waals surface area contributed by atoms with E-state index in [1.807, 2.05) is 12.3 Å². The highest BCUT2D eigenvalue weighted by Crippen LogP contribution is 2.23. The number of nitrogens with one attached hydrogen (secondary N) is 1.